The van der Waals surface area contributed by atoms with Crippen LogP contribution in [0.4, 0.5) is 0 Å². The standard InChI is InChI=1S/C17H23NS/c1-3-5-9-14(8-4-2)16-13-12-15-10-6-7-11-17(15)19-18-16/h6-7,10-14H,3-5,8-9H2,1-2H3. The Balaban J connectivity index is 2.14. The van der Waals surface area contributed by atoms with Crippen LogP contribution in [0, 0.1) is 5.92 Å². The SMILES string of the molecule is CCCCC(CCC)C1=NSc2ccccc2C=C1. The van der Waals surface area contributed by atoms with E-state index in [-0.39, 0.29) is 0 Å². The summed E-state index contributed by atoms with van der Waals surface area (Å²) in [4.78, 5) is 1.26. The van der Waals surface area contributed by atoms with Crippen LogP contribution in [0.1, 0.15) is 51.5 Å². The molecule has 0 aliphatic carbocycles. The van der Waals surface area contributed by atoms with E-state index in [0.717, 1.165) is 0 Å². The topological polar surface area (TPSA) is 12.4 Å². The Hall–Kier alpha value is -1.02. The molecule has 19 heavy (non-hydrogen) atoms. The fourth-order valence-corrected chi connectivity index (χ4v) is 3.25. The van der Waals surface area contributed by atoms with Crippen LogP contribution in [0.15, 0.2) is 39.6 Å². The molecule has 1 aliphatic heterocycles. The lowest BCUT2D eigenvalue weighted by atomic mass is 9.91. The van der Waals surface area contributed by atoms with Crippen molar-refractivity contribution in [3.05, 3.63) is 35.9 Å². The number of allylic oxidation sites excluding steroid dienone is 1. The van der Waals surface area contributed by atoms with Crippen molar-refractivity contribution in [2.24, 2.45) is 10.3 Å². The van der Waals surface area contributed by atoms with Gasteiger partial charge >= 0.3 is 0 Å². The highest BCUT2D eigenvalue weighted by Gasteiger charge is 2.15. The molecule has 0 aromatic heterocycles. The summed E-state index contributed by atoms with van der Waals surface area (Å²) in [5.74, 6) is 0.628. The van der Waals surface area contributed by atoms with Crippen LogP contribution in [0.5, 0.6) is 0 Å². The minimum atomic E-state index is 0.628. The van der Waals surface area contributed by atoms with E-state index in [0.29, 0.717) is 5.92 Å². The van der Waals surface area contributed by atoms with Crippen LogP contribution in [-0.4, -0.2) is 5.71 Å². The zero-order valence-electron chi connectivity index (χ0n) is 11.9. The maximum atomic E-state index is 4.78. The van der Waals surface area contributed by atoms with E-state index >= 15 is 0 Å². The van der Waals surface area contributed by atoms with Gasteiger partial charge < -0.3 is 0 Å². The quantitative estimate of drug-likeness (QED) is 0.599. The minimum absolute atomic E-state index is 0.628. The Morgan fingerprint density at radius 1 is 1.05 bits per heavy atom. The smallest absolute Gasteiger partial charge is 0.0522 e. The first-order valence-corrected chi connectivity index (χ1v) is 8.14. The van der Waals surface area contributed by atoms with E-state index in [1.807, 2.05) is 0 Å². The van der Waals surface area contributed by atoms with Crippen LogP contribution < -0.4 is 0 Å². The predicted octanol–water partition coefficient (Wildman–Crippen LogP) is 5.77. The number of hydrogen-bond donors (Lipinski definition) is 0. The van der Waals surface area contributed by atoms with Gasteiger partial charge in [0, 0.05) is 22.8 Å². The maximum absolute atomic E-state index is 4.78. The van der Waals surface area contributed by atoms with Crippen LogP contribution in [0.25, 0.3) is 6.08 Å². The van der Waals surface area contributed by atoms with E-state index in [1.54, 1.807) is 11.9 Å². The van der Waals surface area contributed by atoms with Crippen LogP contribution in [0.2, 0.25) is 0 Å². The van der Waals surface area contributed by atoms with Crippen molar-refractivity contribution < 1.29 is 0 Å². The molecule has 2 rings (SSSR count). The zero-order valence-corrected chi connectivity index (χ0v) is 12.7. The summed E-state index contributed by atoms with van der Waals surface area (Å²) in [5, 5.41) is 0. The summed E-state index contributed by atoms with van der Waals surface area (Å²) in [6.07, 6.45) is 10.8. The van der Waals surface area contributed by atoms with Gasteiger partial charge in [0.25, 0.3) is 0 Å². The molecule has 1 aromatic rings. The second kappa shape index (κ2) is 7.54. The van der Waals surface area contributed by atoms with Crippen molar-refractivity contribution in [3.63, 3.8) is 0 Å². The summed E-state index contributed by atoms with van der Waals surface area (Å²) in [6, 6.07) is 8.49. The predicted molar refractivity (Wildman–Crippen MR) is 86.7 cm³/mol. The summed E-state index contributed by atoms with van der Waals surface area (Å²) >= 11 is 1.63. The fraction of sp³-hybridized carbons (Fsp3) is 0.471. The molecule has 0 saturated carbocycles. The van der Waals surface area contributed by atoms with Crippen molar-refractivity contribution in [1.29, 1.82) is 0 Å². The average Bonchev–Trinajstić information content (AvgIpc) is 2.66. The Morgan fingerprint density at radius 3 is 2.68 bits per heavy atom. The molecule has 1 heterocycles. The van der Waals surface area contributed by atoms with Crippen molar-refractivity contribution in [3.8, 4) is 0 Å². The van der Waals surface area contributed by atoms with Gasteiger partial charge in [0.05, 0.1) is 5.71 Å². The Morgan fingerprint density at radius 2 is 1.89 bits per heavy atom. The van der Waals surface area contributed by atoms with Gasteiger partial charge in [-0.15, -0.1) is 0 Å². The molecule has 0 saturated heterocycles. The second-order valence-electron chi connectivity index (χ2n) is 5.11. The molecule has 0 amide bonds. The van der Waals surface area contributed by atoms with Gasteiger partial charge in [-0.3, -0.25) is 0 Å². The largest absolute Gasteiger partial charge is 0.216 e. The van der Waals surface area contributed by atoms with Gasteiger partial charge in [-0.25, -0.2) is 4.40 Å². The first-order chi connectivity index (χ1) is 9.35. The summed E-state index contributed by atoms with van der Waals surface area (Å²) in [6.45, 7) is 4.53. The fourth-order valence-electron chi connectivity index (χ4n) is 2.46. The Kier molecular flexibility index (Phi) is 5.71. The number of rotatable bonds is 6. The van der Waals surface area contributed by atoms with Gasteiger partial charge in [-0.1, -0.05) is 57.4 Å². The molecule has 0 fully saturated rings. The monoisotopic (exact) mass is 273 g/mol. The van der Waals surface area contributed by atoms with Crippen LogP contribution >= 0.6 is 11.9 Å². The van der Waals surface area contributed by atoms with Crippen molar-refractivity contribution in [2.45, 2.75) is 50.8 Å². The zero-order chi connectivity index (χ0) is 13.5. The lowest BCUT2D eigenvalue weighted by molar-refractivity contribution is 0.541. The van der Waals surface area contributed by atoms with Gasteiger partial charge in [0.1, 0.15) is 0 Å². The lowest BCUT2D eigenvalue weighted by Crippen LogP contribution is -2.11. The molecule has 1 unspecified atom stereocenters. The molecule has 1 nitrogen and oxygen atoms in total. The van der Waals surface area contributed by atoms with Gasteiger partial charge in [-0.05, 0) is 30.5 Å². The third kappa shape index (κ3) is 3.97. The van der Waals surface area contributed by atoms with Crippen molar-refractivity contribution in [2.75, 3.05) is 0 Å². The lowest BCUT2D eigenvalue weighted by Gasteiger charge is -2.15. The Bertz CT molecular complexity index is 462. The highest BCUT2D eigenvalue weighted by Crippen LogP contribution is 2.30. The maximum Gasteiger partial charge on any atom is 0.0522 e. The molecule has 1 atom stereocenters. The Labute approximate surface area is 121 Å². The molecule has 0 bridgehead atoms. The highest BCUT2D eigenvalue weighted by atomic mass is 32.2. The molecule has 0 spiro atoms. The molecular weight excluding hydrogens is 250 g/mol. The number of fused-ring (bicyclic) bond motifs is 1. The van der Waals surface area contributed by atoms with Gasteiger partial charge in [0.15, 0.2) is 0 Å². The van der Waals surface area contributed by atoms with E-state index in [4.69, 9.17) is 4.40 Å². The highest BCUT2D eigenvalue weighted by molar-refractivity contribution is 7.98. The number of hydrogen-bond acceptors (Lipinski definition) is 2. The summed E-state index contributed by atoms with van der Waals surface area (Å²) < 4.78 is 4.78. The molecule has 1 aliphatic rings. The van der Waals surface area contributed by atoms with E-state index in [1.165, 1.54) is 48.3 Å². The second-order valence-corrected chi connectivity index (χ2v) is 5.91. The number of unbranched alkanes of at least 4 members (excludes halogenated alkanes) is 1. The third-order valence-corrected chi connectivity index (χ3v) is 4.43. The van der Waals surface area contributed by atoms with Gasteiger partial charge in [0.2, 0.25) is 0 Å². The first-order valence-electron chi connectivity index (χ1n) is 7.37. The normalized spacial score (nSPS) is 15.6. The summed E-state index contributed by atoms with van der Waals surface area (Å²) in [5.41, 5.74) is 2.56. The van der Waals surface area contributed by atoms with Gasteiger partial charge in [-0.2, -0.15) is 0 Å². The van der Waals surface area contributed by atoms with E-state index in [2.05, 4.69) is 50.3 Å². The molecule has 1 aromatic carbocycles. The average molecular weight is 273 g/mol. The summed E-state index contributed by atoms with van der Waals surface area (Å²) in [7, 11) is 0. The molecule has 102 valence electrons. The molecular formula is C17H23NS. The number of benzene rings is 1. The molecule has 0 N–H and O–H groups in total. The third-order valence-electron chi connectivity index (χ3n) is 3.56. The first kappa shape index (κ1) is 14.4. The van der Waals surface area contributed by atoms with Crippen LogP contribution in [0.3, 0.4) is 0 Å². The minimum Gasteiger partial charge on any atom is -0.216 e. The molecule has 2 heteroatoms. The molecule has 0 radical (unpaired) electrons. The van der Waals surface area contributed by atoms with Crippen molar-refractivity contribution in [1.82, 2.24) is 0 Å². The van der Waals surface area contributed by atoms with E-state index < -0.39 is 0 Å². The van der Waals surface area contributed by atoms with Crippen molar-refractivity contribution >= 4 is 23.7 Å². The van der Waals surface area contributed by atoms with Crippen LogP contribution in [-0.2, 0) is 0 Å². The van der Waals surface area contributed by atoms with E-state index in [9.17, 15) is 0 Å². The number of nitrogens with zero attached hydrogens (tertiary/aromatic N) is 1.